The fourth-order valence-electron chi connectivity index (χ4n) is 6.37. The lowest BCUT2D eigenvalue weighted by atomic mass is 9.85. The van der Waals surface area contributed by atoms with Gasteiger partial charge in [0.25, 0.3) is 0 Å². The van der Waals surface area contributed by atoms with Crippen LogP contribution in [0, 0.1) is 5.92 Å². The number of aromatic nitrogens is 4. The van der Waals surface area contributed by atoms with Crippen LogP contribution in [0.4, 0.5) is 35.5 Å². The molecule has 2 aromatic heterocycles. The van der Waals surface area contributed by atoms with Crippen LogP contribution in [0.1, 0.15) is 88.7 Å². The van der Waals surface area contributed by atoms with Crippen molar-refractivity contribution < 1.29 is 18.0 Å². The van der Waals surface area contributed by atoms with Crippen molar-refractivity contribution in [2.24, 2.45) is 5.92 Å². The summed E-state index contributed by atoms with van der Waals surface area (Å²) in [6.45, 7) is 0. The van der Waals surface area contributed by atoms with Gasteiger partial charge in [0.05, 0.1) is 5.92 Å². The minimum atomic E-state index is -4.20. The van der Waals surface area contributed by atoms with E-state index in [2.05, 4.69) is 42.1 Å². The van der Waals surface area contributed by atoms with Crippen molar-refractivity contribution >= 4 is 23.6 Å². The van der Waals surface area contributed by atoms with Gasteiger partial charge >= 0.3 is 12.2 Å². The van der Waals surface area contributed by atoms with Crippen LogP contribution in [0.15, 0.2) is 18.3 Å². The number of amides is 2. The number of aromatic amines is 1. The zero-order valence-electron chi connectivity index (χ0n) is 22.4. The third kappa shape index (κ3) is 7.13. The van der Waals surface area contributed by atoms with Gasteiger partial charge in [0.2, 0.25) is 5.95 Å². The number of anilines is 3. The van der Waals surface area contributed by atoms with E-state index in [9.17, 15) is 18.0 Å². The molecule has 5 rings (SSSR count). The zero-order chi connectivity index (χ0) is 27.4. The van der Waals surface area contributed by atoms with Gasteiger partial charge in [-0.25, -0.2) is 9.78 Å². The van der Waals surface area contributed by atoms with Gasteiger partial charge in [-0.1, -0.05) is 19.3 Å². The fourth-order valence-corrected chi connectivity index (χ4v) is 6.37. The van der Waals surface area contributed by atoms with Crippen LogP contribution in [-0.4, -0.2) is 57.5 Å². The molecule has 2 amide bonds. The number of hydrogen-bond acceptors (Lipinski definition) is 6. The van der Waals surface area contributed by atoms with E-state index >= 15 is 0 Å². The monoisotopic (exact) mass is 548 g/mol. The number of alkyl halides is 3. The summed E-state index contributed by atoms with van der Waals surface area (Å²) < 4.78 is 39.2. The second-order valence-corrected chi connectivity index (χ2v) is 11.4. The highest BCUT2D eigenvalue weighted by atomic mass is 19.4. The fraction of sp³-hybridized carbons (Fsp3) is 0.704. The Labute approximate surface area is 227 Å². The van der Waals surface area contributed by atoms with Crippen molar-refractivity contribution in [1.82, 2.24) is 30.8 Å². The predicted molar refractivity (Wildman–Crippen MR) is 143 cm³/mol. The van der Waals surface area contributed by atoms with Gasteiger partial charge in [0.15, 0.2) is 5.82 Å². The summed E-state index contributed by atoms with van der Waals surface area (Å²) >= 11 is 0. The molecule has 0 saturated heterocycles. The molecule has 0 radical (unpaired) electrons. The number of H-pyrrole nitrogens is 1. The molecule has 0 bridgehead atoms. The van der Waals surface area contributed by atoms with Crippen LogP contribution in [0.25, 0.3) is 0 Å². The summed E-state index contributed by atoms with van der Waals surface area (Å²) in [5.41, 5.74) is 1.17. The van der Waals surface area contributed by atoms with Gasteiger partial charge in [0, 0.05) is 49.0 Å². The van der Waals surface area contributed by atoms with Crippen molar-refractivity contribution in [2.45, 2.75) is 107 Å². The molecular weight excluding hydrogens is 509 g/mol. The summed E-state index contributed by atoms with van der Waals surface area (Å²) in [6.07, 6.45) is 6.94. The van der Waals surface area contributed by atoms with Crippen LogP contribution in [0.3, 0.4) is 0 Å². The Morgan fingerprint density at radius 1 is 0.974 bits per heavy atom. The average molecular weight is 549 g/mol. The smallest absolute Gasteiger partial charge is 0.341 e. The van der Waals surface area contributed by atoms with E-state index in [0.29, 0.717) is 30.5 Å². The Kier molecular flexibility index (Phi) is 8.46. The molecule has 9 nitrogen and oxygen atoms in total. The lowest BCUT2D eigenvalue weighted by Gasteiger charge is -2.35. The highest BCUT2D eigenvalue weighted by Gasteiger charge is 2.42. The molecule has 2 aromatic rings. The van der Waals surface area contributed by atoms with Crippen molar-refractivity contribution in [1.29, 1.82) is 0 Å². The SMILES string of the molecule is CN(c1nccc(Nc2cc(C3CCCC3)[nH]n2)n1)C1CCC(NC(=O)NC2CCCC(C(F)(F)F)C2)CC1. The molecule has 3 fully saturated rings. The molecule has 3 aliphatic carbocycles. The van der Waals surface area contributed by atoms with Gasteiger partial charge in [-0.15, -0.1) is 0 Å². The number of carbonyl (C=O) groups is 1. The van der Waals surface area contributed by atoms with Crippen molar-refractivity contribution in [3.8, 4) is 0 Å². The maximum absolute atomic E-state index is 13.1. The molecule has 214 valence electrons. The summed E-state index contributed by atoms with van der Waals surface area (Å²) in [5, 5.41) is 16.6. The first-order valence-electron chi connectivity index (χ1n) is 14.3. The Morgan fingerprint density at radius 3 is 2.46 bits per heavy atom. The largest absolute Gasteiger partial charge is 0.391 e. The lowest BCUT2D eigenvalue weighted by Crippen LogP contribution is -2.50. The maximum atomic E-state index is 13.1. The molecular formula is C27H39F3N8O. The Hall–Kier alpha value is -3.05. The van der Waals surface area contributed by atoms with Crippen LogP contribution < -0.4 is 20.9 Å². The molecule has 2 unspecified atom stereocenters. The Bertz CT molecular complexity index is 1090. The number of carbonyl (C=O) groups excluding carboxylic acids is 1. The number of hydrogen-bond donors (Lipinski definition) is 4. The molecule has 2 heterocycles. The van der Waals surface area contributed by atoms with E-state index in [1.807, 2.05) is 13.1 Å². The van der Waals surface area contributed by atoms with Gasteiger partial charge in [-0.3, -0.25) is 5.10 Å². The van der Waals surface area contributed by atoms with Crippen molar-refractivity contribution in [3.05, 3.63) is 24.0 Å². The molecule has 2 atom stereocenters. The normalized spacial score (nSPS) is 26.3. The quantitative estimate of drug-likeness (QED) is 0.350. The van der Waals surface area contributed by atoms with Crippen molar-refractivity contribution in [2.75, 3.05) is 17.3 Å². The Morgan fingerprint density at radius 2 is 1.72 bits per heavy atom. The molecule has 12 heteroatoms. The van der Waals surface area contributed by atoms with Crippen LogP contribution in [-0.2, 0) is 0 Å². The van der Waals surface area contributed by atoms with E-state index in [-0.39, 0.29) is 31.0 Å². The minimum Gasteiger partial charge on any atom is -0.341 e. The molecule has 4 N–H and O–H groups in total. The standard InChI is InChI=1S/C27H39F3N8O/c1-38(25-31-14-13-23(35-25)34-24-16-22(36-37-24)17-5-2-3-6-17)21-11-9-19(10-12-21)32-26(39)33-20-8-4-7-18(15-20)27(28,29)30/h13-14,16-21H,2-12,15H2,1H3,(H2,32,33,39)(H2,31,34,35,36,37). The molecule has 3 saturated carbocycles. The van der Waals surface area contributed by atoms with Gasteiger partial charge in [0.1, 0.15) is 5.82 Å². The Balaban J connectivity index is 1.08. The van der Waals surface area contributed by atoms with Crippen molar-refractivity contribution in [3.63, 3.8) is 0 Å². The highest BCUT2D eigenvalue weighted by Crippen LogP contribution is 2.37. The second kappa shape index (κ2) is 12.0. The van der Waals surface area contributed by atoms with E-state index in [1.165, 1.54) is 31.4 Å². The third-order valence-electron chi connectivity index (χ3n) is 8.66. The summed E-state index contributed by atoms with van der Waals surface area (Å²) in [7, 11) is 1.98. The summed E-state index contributed by atoms with van der Waals surface area (Å²) in [6, 6.07) is 3.32. The molecule has 0 aromatic carbocycles. The number of rotatable bonds is 7. The van der Waals surface area contributed by atoms with Gasteiger partial charge in [-0.2, -0.15) is 23.3 Å². The van der Waals surface area contributed by atoms with E-state index < -0.39 is 18.1 Å². The number of halogens is 3. The molecule has 0 spiro atoms. The molecule has 39 heavy (non-hydrogen) atoms. The average Bonchev–Trinajstić information content (AvgIpc) is 3.61. The number of urea groups is 1. The summed E-state index contributed by atoms with van der Waals surface area (Å²) in [4.78, 5) is 23.7. The zero-order valence-corrected chi connectivity index (χ0v) is 22.4. The second-order valence-electron chi connectivity index (χ2n) is 11.4. The third-order valence-corrected chi connectivity index (χ3v) is 8.66. The predicted octanol–water partition coefficient (Wildman–Crippen LogP) is 5.77. The first-order chi connectivity index (χ1) is 18.7. The molecule has 0 aliphatic heterocycles. The van der Waals surface area contributed by atoms with Gasteiger partial charge < -0.3 is 20.9 Å². The van der Waals surface area contributed by atoms with Crippen LogP contribution >= 0.6 is 0 Å². The van der Waals surface area contributed by atoms with E-state index in [0.717, 1.165) is 31.5 Å². The maximum Gasteiger partial charge on any atom is 0.391 e. The number of nitrogens with one attached hydrogen (secondary N) is 4. The first kappa shape index (κ1) is 27.5. The first-order valence-corrected chi connectivity index (χ1v) is 14.3. The summed E-state index contributed by atoms with van der Waals surface area (Å²) in [5.74, 6) is 1.28. The lowest BCUT2D eigenvalue weighted by molar-refractivity contribution is -0.183. The topological polar surface area (TPSA) is 111 Å². The van der Waals surface area contributed by atoms with Crippen LogP contribution in [0.5, 0.6) is 0 Å². The van der Waals surface area contributed by atoms with E-state index in [1.54, 1.807) is 6.20 Å². The van der Waals surface area contributed by atoms with E-state index in [4.69, 9.17) is 4.98 Å². The minimum absolute atomic E-state index is 0.000647. The van der Waals surface area contributed by atoms with Gasteiger partial charge in [-0.05, 0) is 63.9 Å². The van der Waals surface area contributed by atoms with Crippen LogP contribution in [0.2, 0.25) is 0 Å². The molecule has 3 aliphatic rings. The number of nitrogens with zero attached hydrogens (tertiary/aromatic N) is 4. The highest BCUT2D eigenvalue weighted by molar-refractivity contribution is 5.74.